The van der Waals surface area contributed by atoms with E-state index in [1.165, 1.54) is 17.8 Å². The summed E-state index contributed by atoms with van der Waals surface area (Å²) in [7, 11) is 0. The van der Waals surface area contributed by atoms with E-state index in [1.807, 2.05) is 6.92 Å². The quantitative estimate of drug-likeness (QED) is 0.705. The number of halogens is 1. The third-order valence-electron chi connectivity index (χ3n) is 2.72. The van der Waals surface area contributed by atoms with E-state index in [0.717, 1.165) is 6.42 Å². The van der Waals surface area contributed by atoms with Crippen LogP contribution in [-0.4, -0.2) is 30.0 Å². The zero-order valence-corrected chi connectivity index (χ0v) is 11.9. The van der Waals surface area contributed by atoms with Crippen molar-refractivity contribution in [2.75, 3.05) is 18.2 Å². The Morgan fingerprint density at radius 2 is 2.26 bits per heavy atom. The van der Waals surface area contributed by atoms with Gasteiger partial charge in [0.2, 0.25) is 0 Å². The molecule has 1 rings (SSSR count). The fourth-order valence-electron chi connectivity index (χ4n) is 1.63. The second kappa shape index (κ2) is 8.01. The summed E-state index contributed by atoms with van der Waals surface area (Å²) in [6.07, 6.45) is 3.02. The van der Waals surface area contributed by atoms with Crippen LogP contribution in [0.25, 0.3) is 0 Å². The van der Waals surface area contributed by atoms with E-state index >= 15 is 0 Å². The summed E-state index contributed by atoms with van der Waals surface area (Å²) in [5.41, 5.74) is 0.409. The number of amides is 2. The van der Waals surface area contributed by atoms with Crippen LogP contribution in [0.4, 0.5) is 14.9 Å². The summed E-state index contributed by atoms with van der Waals surface area (Å²) >= 11 is 1.31. The van der Waals surface area contributed by atoms with Crippen molar-refractivity contribution in [3.63, 3.8) is 0 Å². The van der Waals surface area contributed by atoms with Gasteiger partial charge in [-0.15, -0.1) is 11.8 Å². The average molecular weight is 286 g/mol. The lowest BCUT2D eigenvalue weighted by molar-refractivity contribution is 0.237. The molecule has 1 unspecified atom stereocenters. The molecule has 1 atom stereocenters. The number of aliphatic hydroxyl groups excluding tert-OH is 1. The maximum absolute atomic E-state index is 13.5. The van der Waals surface area contributed by atoms with Gasteiger partial charge in [-0.1, -0.05) is 6.92 Å². The summed E-state index contributed by atoms with van der Waals surface area (Å²) < 4.78 is 13.5. The highest BCUT2D eigenvalue weighted by molar-refractivity contribution is 7.98. The topological polar surface area (TPSA) is 61.4 Å². The van der Waals surface area contributed by atoms with Crippen molar-refractivity contribution in [1.29, 1.82) is 0 Å². The van der Waals surface area contributed by atoms with Gasteiger partial charge >= 0.3 is 6.03 Å². The Morgan fingerprint density at radius 3 is 2.79 bits per heavy atom. The minimum Gasteiger partial charge on any atom is -0.396 e. The number of rotatable bonds is 6. The molecule has 3 N–H and O–H groups in total. The minimum absolute atomic E-state index is 0.0236. The van der Waals surface area contributed by atoms with Crippen molar-refractivity contribution in [3.05, 3.63) is 24.0 Å². The minimum atomic E-state index is -0.392. The molecule has 0 aliphatic heterocycles. The molecular weight excluding hydrogens is 267 g/mol. The number of urea groups is 1. The second-order valence-electron chi connectivity index (χ2n) is 4.07. The van der Waals surface area contributed by atoms with Crippen molar-refractivity contribution in [1.82, 2.24) is 5.32 Å². The fraction of sp³-hybridized carbons (Fsp3) is 0.462. The van der Waals surface area contributed by atoms with Crippen LogP contribution in [0.1, 0.15) is 19.8 Å². The fourth-order valence-corrected chi connectivity index (χ4v) is 2.09. The molecule has 2 amide bonds. The molecule has 0 heterocycles. The van der Waals surface area contributed by atoms with Crippen LogP contribution in [0, 0.1) is 5.82 Å². The van der Waals surface area contributed by atoms with Crippen molar-refractivity contribution >= 4 is 23.5 Å². The van der Waals surface area contributed by atoms with E-state index in [9.17, 15) is 9.18 Å². The Bertz CT molecular complexity index is 429. The molecule has 0 fully saturated rings. The molecule has 0 saturated heterocycles. The molecule has 0 radical (unpaired) electrons. The smallest absolute Gasteiger partial charge is 0.319 e. The van der Waals surface area contributed by atoms with Crippen molar-refractivity contribution < 1.29 is 14.3 Å². The van der Waals surface area contributed by atoms with Crippen LogP contribution in [0.3, 0.4) is 0 Å². The van der Waals surface area contributed by atoms with Crippen LogP contribution in [0.15, 0.2) is 23.1 Å². The third-order valence-corrected chi connectivity index (χ3v) is 3.49. The molecule has 19 heavy (non-hydrogen) atoms. The largest absolute Gasteiger partial charge is 0.396 e. The van der Waals surface area contributed by atoms with Crippen molar-refractivity contribution in [2.24, 2.45) is 0 Å². The second-order valence-corrected chi connectivity index (χ2v) is 4.91. The molecule has 0 aliphatic rings. The predicted octanol–water partition coefficient (Wildman–Crippen LogP) is 2.83. The standard InChI is InChI=1S/C13H19FN2O2S/c1-3-9(6-7-17)15-13(18)16-10-4-5-12(19-2)11(14)8-10/h4-5,8-9,17H,3,6-7H2,1-2H3,(H2,15,16,18). The molecule has 1 aromatic rings. The van der Waals surface area contributed by atoms with Gasteiger partial charge in [0.25, 0.3) is 0 Å². The maximum atomic E-state index is 13.5. The number of hydrogen-bond acceptors (Lipinski definition) is 3. The number of carbonyl (C=O) groups is 1. The summed E-state index contributed by atoms with van der Waals surface area (Å²) in [5.74, 6) is -0.354. The number of carbonyl (C=O) groups excluding carboxylic acids is 1. The molecule has 0 spiro atoms. The van der Waals surface area contributed by atoms with Crippen LogP contribution in [0.2, 0.25) is 0 Å². The molecule has 0 saturated carbocycles. The first-order valence-corrected chi connectivity index (χ1v) is 7.35. The van der Waals surface area contributed by atoms with E-state index in [0.29, 0.717) is 17.0 Å². The zero-order valence-electron chi connectivity index (χ0n) is 11.1. The van der Waals surface area contributed by atoms with Gasteiger partial charge in [0.1, 0.15) is 5.82 Å². The van der Waals surface area contributed by atoms with Gasteiger partial charge in [0.15, 0.2) is 0 Å². The zero-order chi connectivity index (χ0) is 14.3. The highest BCUT2D eigenvalue weighted by Gasteiger charge is 2.10. The van der Waals surface area contributed by atoms with Crippen LogP contribution < -0.4 is 10.6 Å². The molecule has 0 aliphatic carbocycles. The average Bonchev–Trinajstić information content (AvgIpc) is 2.38. The molecule has 1 aromatic carbocycles. The Morgan fingerprint density at radius 1 is 1.53 bits per heavy atom. The lowest BCUT2D eigenvalue weighted by atomic mass is 10.2. The number of nitrogens with one attached hydrogen (secondary N) is 2. The van der Waals surface area contributed by atoms with Crippen molar-refractivity contribution in [3.8, 4) is 0 Å². The molecule has 106 valence electrons. The number of benzene rings is 1. The summed E-state index contributed by atoms with van der Waals surface area (Å²) in [4.78, 5) is 12.2. The van der Waals surface area contributed by atoms with E-state index in [4.69, 9.17) is 5.11 Å². The Kier molecular flexibility index (Phi) is 6.66. The summed E-state index contributed by atoms with van der Waals surface area (Å²) in [6, 6.07) is 4.09. The van der Waals surface area contributed by atoms with Gasteiger partial charge in [0, 0.05) is 23.2 Å². The monoisotopic (exact) mass is 286 g/mol. The van der Waals surface area contributed by atoms with Gasteiger partial charge < -0.3 is 15.7 Å². The van der Waals surface area contributed by atoms with E-state index in [1.54, 1.807) is 18.4 Å². The number of aliphatic hydroxyl groups is 1. The molecule has 4 nitrogen and oxygen atoms in total. The molecular formula is C13H19FN2O2S. The predicted molar refractivity (Wildman–Crippen MR) is 76.1 cm³/mol. The highest BCUT2D eigenvalue weighted by Crippen LogP contribution is 2.22. The lowest BCUT2D eigenvalue weighted by Crippen LogP contribution is -2.38. The van der Waals surface area contributed by atoms with Gasteiger partial charge in [0.05, 0.1) is 0 Å². The number of anilines is 1. The SMILES string of the molecule is CCC(CCO)NC(=O)Nc1ccc(SC)c(F)c1. The first-order valence-electron chi connectivity index (χ1n) is 6.12. The summed E-state index contributed by atoms with van der Waals surface area (Å²) in [6.45, 7) is 1.95. The lowest BCUT2D eigenvalue weighted by Gasteiger charge is -2.16. The number of hydrogen-bond donors (Lipinski definition) is 3. The first-order chi connectivity index (χ1) is 9.10. The van der Waals surface area contributed by atoms with Gasteiger partial charge in [-0.25, -0.2) is 9.18 Å². The van der Waals surface area contributed by atoms with E-state index in [2.05, 4.69) is 10.6 Å². The van der Waals surface area contributed by atoms with Gasteiger partial charge in [-0.05, 0) is 37.3 Å². The first kappa shape index (κ1) is 15.8. The van der Waals surface area contributed by atoms with Crippen molar-refractivity contribution in [2.45, 2.75) is 30.7 Å². The Balaban J connectivity index is 2.59. The maximum Gasteiger partial charge on any atom is 0.319 e. The van der Waals surface area contributed by atoms with Crippen LogP contribution >= 0.6 is 11.8 Å². The van der Waals surface area contributed by atoms with Gasteiger partial charge in [-0.3, -0.25) is 0 Å². The van der Waals surface area contributed by atoms with E-state index in [-0.39, 0.29) is 18.5 Å². The van der Waals surface area contributed by atoms with Crippen LogP contribution in [0.5, 0.6) is 0 Å². The Labute approximate surface area is 116 Å². The molecule has 0 bridgehead atoms. The third kappa shape index (κ3) is 5.08. The van der Waals surface area contributed by atoms with E-state index < -0.39 is 6.03 Å². The molecule has 6 heteroatoms. The van der Waals surface area contributed by atoms with Crippen LogP contribution in [-0.2, 0) is 0 Å². The number of thioether (sulfide) groups is 1. The normalized spacial score (nSPS) is 12.0. The Hall–Kier alpha value is -1.27. The molecule has 0 aromatic heterocycles. The van der Waals surface area contributed by atoms with Gasteiger partial charge in [-0.2, -0.15) is 0 Å². The summed E-state index contributed by atoms with van der Waals surface area (Å²) in [5, 5.41) is 14.1. The highest BCUT2D eigenvalue weighted by atomic mass is 32.2.